The Labute approximate surface area is 88.6 Å². The van der Waals surface area contributed by atoms with Crippen LogP contribution in [0.15, 0.2) is 0 Å². The van der Waals surface area contributed by atoms with Gasteiger partial charge >= 0.3 is 5.97 Å². The number of sulfonamides is 1. The number of carboxylic acid groups (broad SMARTS) is 1. The number of hydrogen-bond donors (Lipinski definition) is 2. The summed E-state index contributed by atoms with van der Waals surface area (Å²) < 4.78 is 24.7. The first-order valence-electron chi connectivity index (χ1n) is 4.75. The van der Waals surface area contributed by atoms with Crippen molar-refractivity contribution in [1.29, 1.82) is 0 Å². The van der Waals surface area contributed by atoms with Gasteiger partial charge in [0.15, 0.2) is 5.25 Å². The normalized spacial score (nSPS) is 25.3. The fraction of sp³-hybridized carbons (Fsp3) is 0.875. The SMILES string of the molecule is CC(C(=O)O)S(=O)(=O)N1CCC[C@H]1CO. The number of nitrogens with zero attached hydrogens (tertiary/aromatic N) is 1. The van der Waals surface area contributed by atoms with Crippen LogP contribution in [0.4, 0.5) is 0 Å². The highest BCUT2D eigenvalue weighted by Crippen LogP contribution is 2.23. The van der Waals surface area contributed by atoms with Crippen molar-refractivity contribution < 1.29 is 23.4 Å². The molecule has 1 rings (SSSR count). The largest absolute Gasteiger partial charge is 0.480 e. The molecule has 6 nitrogen and oxygen atoms in total. The molecule has 0 aliphatic carbocycles. The predicted molar refractivity (Wildman–Crippen MR) is 52.8 cm³/mol. The van der Waals surface area contributed by atoms with Crippen LogP contribution < -0.4 is 0 Å². The lowest BCUT2D eigenvalue weighted by molar-refractivity contribution is -0.136. The maximum atomic E-state index is 11.8. The van der Waals surface area contributed by atoms with Gasteiger partial charge in [-0.15, -0.1) is 0 Å². The standard InChI is InChI=1S/C8H15NO5S/c1-6(8(11)12)15(13,14)9-4-2-3-7(9)5-10/h6-7,10H,2-5H2,1H3,(H,11,12)/t6?,7-/m0/s1. The zero-order valence-corrected chi connectivity index (χ0v) is 9.27. The van der Waals surface area contributed by atoms with Gasteiger partial charge in [-0.2, -0.15) is 4.31 Å². The van der Waals surface area contributed by atoms with E-state index in [9.17, 15) is 13.2 Å². The summed E-state index contributed by atoms with van der Waals surface area (Å²) in [6, 6.07) is -0.461. The Morgan fingerprint density at radius 1 is 1.60 bits per heavy atom. The molecule has 7 heteroatoms. The molecular weight excluding hydrogens is 222 g/mol. The Morgan fingerprint density at radius 3 is 2.67 bits per heavy atom. The highest BCUT2D eigenvalue weighted by Gasteiger charge is 2.39. The van der Waals surface area contributed by atoms with Gasteiger partial charge in [-0.1, -0.05) is 0 Å². The molecule has 0 spiro atoms. The molecular formula is C8H15NO5S. The number of carbonyl (C=O) groups is 1. The Balaban J connectivity index is 2.90. The van der Waals surface area contributed by atoms with E-state index in [2.05, 4.69) is 0 Å². The van der Waals surface area contributed by atoms with Crippen molar-refractivity contribution in [1.82, 2.24) is 4.31 Å². The zero-order chi connectivity index (χ0) is 11.6. The average molecular weight is 237 g/mol. The van der Waals surface area contributed by atoms with Crippen molar-refractivity contribution in [2.75, 3.05) is 13.2 Å². The molecule has 88 valence electrons. The third-order valence-electron chi connectivity index (χ3n) is 2.66. The number of carboxylic acids is 1. The Kier molecular flexibility index (Phi) is 3.69. The minimum absolute atomic E-state index is 0.258. The minimum atomic E-state index is -3.83. The van der Waals surface area contributed by atoms with Crippen LogP contribution in [0.5, 0.6) is 0 Å². The minimum Gasteiger partial charge on any atom is -0.480 e. The summed E-state index contributed by atoms with van der Waals surface area (Å²) in [4.78, 5) is 10.6. The third kappa shape index (κ3) is 2.30. The molecule has 1 aliphatic heterocycles. The molecule has 2 atom stereocenters. The van der Waals surface area contributed by atoms with E-state index in [0.29, 0.717) is 19.4 Å². The Hall–Kier alpha value is -0.660. The highest BCUT2D eigenvalue weighted by atomic mass is 32.2. The second-order valence-electron chi connectivity index (χ2n) is 3.61. The summed E-state index contributed by atoms with van der Waals surface area (Å²) in [6.45, 7) is 1.18. The van der Waals surface area contributed by atoms with Gasteiger partial charge in [-0.25, -0.2) is 8.42 Å². The number of aliphatic carboxylic acids is 1. The summed E-state index contributed by atoms with van der Waals surface area (Å²) >= 11 is 0. The van der Waals surface area contributed by atoms with E-state index in [4.69, 9.17) is 10.2 Å². The summed E-state index contributed by atoms with van der Waals surface area (Å²) in [5.41, 5.74) is 0. The molecule has 2 N–H and O–H groups in total. The van der Waals surface area contributed by atoms with Crippen LogP contribution in [-0.2, 0) is 14.8 Å². The Morgan fingerprint density at radius 2 is 2.20 bits per heavy atom. The van der Waals surface area contributed by atoms with Gasteiger partial charge in [0.05, 0.1) is 6.61 Å². The molecule has 0 aromatic carbocycles. The maximum Gasteiger partial charge on any atom is 0.323 e. The number of aliphatic hydroxyl groups is 1. The molecule has 1 saturated heterocycles. The topological polar surface area (TPSA) is 94.9 Å². The Bertz CT molecular complexity index is 339. The summed E-state index contributed by atoms with van der Waals surface area (Å²) in [6.07, 6.45) is 1.25. The highest BCUT2D eigenvalue weighted by molar-refractivity contribution is 7.90. The van der Waals surface area contributed by atoms with E-state index in [0.717, 1.165) is 11.2 Å². The van der Waals surface area contributed by atoms with E-state index in [-0.39, 0.29) is 6.61 Å². The van der Waals surface area contributed by atoms with Gasteiger partial charge in [-0.3, -0.25) is 4.79 Å². The van der Waals surface area contributed by atoms with Gasteiger partial charge in [0.2, 0.25) is 10.0 Å². The quantitative estimate of drug-likeness (QED) is 0.670. The van der Waals surface area contributed by atoms with Crippen molar-refractivity contribution in [3.05, 3.63) is 0 Å². The third-order valence-corrected chi connectivity index (χ3v) is 4.88. The summed E-state index contributed by atoms with van der Waals surface area (Å²) in [5, 5.41) is 16.2. The van der Waals surface area contributed by atoms with Gasteiger partial charge in [0, 0.05) is 12.6 Å². The van der Waals surface area contributed by atoms with E-state index in [1.807, 2.05) is 0 Å². The molecule has 1 fully saturated rings. The first kappa shape index (κ1) is 12.4. The molecule has 0 amide bonds. The molecule has 0 radical (unpaired) electrons. The summed E-state index contributed by atoms with van der Waals surface area (Å²) in [5.74, 6) is -1.36. The van der Waals surface area contributed by atoms with Gasteiger partial charge in [0.25, 0.3) is 0 Å². The second-order valence-corrected chi connectivity index (χ2v) is 5.82. The molecule has 0 saturated carbocycles. The van der Waals surface area contributed by atoms with E-state index < -0.39 is 27.3 Å². The molecule has 1 aliphatic rings. The first-order valence-corrected chi connectivity index (χ1v) is 6.26. The lowest BCUT2D eigenvalue weighted by atomic mass is 10.2. The van der Waals surface area contributed by atoms with Gasteiger partial charge < -0.3 is 10.2 Å². The van der Waals surface area contributed by atoms with Crippen molar-refractivity contribution in [3.63, 3.8) is 0 Å². The molecule has 0 aromatic heterocycles. The fourth-order valence-corrected chi connectivity index (χ4v) is 3.29. The van der Waals surface area contributed by atoms with Gasteiger partial charge in [-0.05, 0) is 19.8 Å². The van der Waals surface area contributed by atoms with E-state index in [1.165, 1.54) is 0 Å². The number of hydrogen-bond acceptors (Lipinski definition) is 4. The molecule has 1 unspecified atom stereocenters. The van der Waals surface area contributed by atoms with Crippen LogP contribution in [0, 0.1) is 0 Å². The molecule has 0 aromatic rings. The predicted octanol–water partition coefficient (Wildman–Crippen LogP) is -0.754. The monoisotopic (exact) mass is 237 g/mol. The number of rotatable bonds is 4. The van der Waals surface area contributed by atoms with Crippen LogP contribution in [0.1, 0.15) is 19.8 Å². The van der Waals surface area contributed by atoms with Crippen LogP contribution in [0.25, 0.3) is 0 Å². The lowest BCUT2D eigenvalue weighted by Gasteiger charge is -2.24. The van der Waals surface area contributed by atoms with E-state index >= 15 is 0 Å². The maximum absolute atomic E-state index is 11.8. The lowest BCUT2D eigenvalue weighted by Crippen LogP contribution is -2.44. The van der Waals surface area contributed by atoms with Crippen LogP contribution >= 0.6 is 0 Å². The smallest absolute Gasteiger partial charge is 0.323 e. The fourth-order valence-electron chi connectivity index (χ4n) is 1.66. The second kappa shape index (κ2) is 4.46. The number of aliphatic hydroxyl groups excluding tert-OH is 1. The van der Waals surface area contributed by atoms with Crippen LogP contribution in [0.3, 0.4) is 0 Å². The van der Waals surface area contributed by atoms with Gasteiger partial charge in [0.1, 0.15) is 0 Å². The average Bonchev–Trinajstić information content (AvgIpc) is 2.64. The molecule has 1 heterocycles. The molecule has 0 bridgehead atoms. The van der Waals surface area contributed by atoms with E-state index in [1.54, 1.807) is 0 Å². The summed E-state index contributed by atoms with van der Waals surface area (Å²) in [7, 11) is -3.83. The van der Waals surface area contributed by atoms with Crippen LogP contribution in [0.2, 0.25) is 0 Å². The van der Waals surface area contributed by atoms with Crippen molar-refractivity contribution in [3.8, 4) is 0 Å². The molecule has 15 heavy (non-hydrogen) atoms. The van der Waals surface area contributed by atoms with Crippen molar-refractivity contribution in [2.45, 2.75) is 31.1 Å². The van der Waals surface area contributed by atoms with Crippen LogP contribution in [-0.4, -0.2) is 53.3 Å². The van der Waals surface area contributed by atoms with Crippen molar-refractivity contribution in [2.24, 2.45) is 0 Å². The zero-order valence-electron chi connectivity index (χ0n) is 8.46. The van der Waals surface area contributed by atoms with Crippen molar-refractivity contribution >= 4 is 16.0 Å². The first-order chi connectivity index (χ1) is 6.91.